The number of hydrogen-bond acceptors (Lipinski definition) is 7. The van der Waals surface area contributed by atoms with E-state index >= 15 is 0 Å². The molecule has 1 aliphatic rings. The predicted molar refractivity (Wildman–Crippen MR) is 132 cm³/mol. The molecule has 1 N–H and O–H groups in total. The summed E-state index contributed by atoms with van der Waals surface area (Å²) in [4.78, 5) is 50.8. The van der Waals surface area contributed by atoms with E-state index in [0.717, 1.165) is 10.6 Å². The molecule has 0 unspecified atom stereocenters. The zero-order chi connectivity index (χ0) is 24.5. The van der Waals surface area contributed by atoms with E-state index in [0.29, 0.717) is 41.2 Å². The van der Waals surface area contributed by atoms with Crippen LogP contribution in [-0.2, 0) is 23.1 Å². The molecule has 0 saturated heterocycles. The second-order valence-corrected chi connectivity index (χ2v) is 10.8. The molecule has 1 amide bonds. The second-order valence-electron chi connectivity index (χ2n) is 9.74. The quantitative estimate of drug-likeness (QED) is 0.486. The summed E-state index contributed by atoms with van der Waals surface area (Å²) in [5.74, 6) is 0.0494. The lowest BCUT2D eigenvalue weighted by atomic mass is 9.86. The minimum absolute atomic E-state index is 0.0210. The molecular weight excluding hydrogens is 448 g/mol. The zero-order valence-electron chi connectivity index (χ0n) is 19.8. The van der Waals surface area contributed by atoms with Gasteiger partial charge in [-0.25, -0.2) is 15.0 Å². The van der Waals surface area contributed by atoms with Crippen molar-refractivity contribution in [3.63, 3.8) is 0 Å². The van der Waals surface area contributed by atoms with Crippen molar-refractivity contribution in [2.24, 2.45) is 0 Å². The van der Waals surface area contributed by atoms with Crippen molar-refractivity contribution in [2.75, 3.05) is 5.32 Å². The average Bonchev–Trinajstić information content (AvgIpc) is 3.29. The fourth-order valence-electron chi connectivity index (χ4n) is 3.96. The van der Waals surface area contributed by atoms with E-state index in [-0.39, 0.29) is 35.2 Å². The maximum Gasteiger partial charge on any atom is 0.225 e. The standard InChI is InChI=1S/C26H28N4O3S/c1-15(10-20(32)23-18-8-9-22(33)30-24(18)29-14-28-23)25-27-13-21(34-25)19(31)12-16-6-5-7-17(11-16)26(2,3)4/h5-7,11,13-15H,8-10,12H2,1-4H3,(H,28,29,30,33)/t15-/m0/s1. The van der Waals surface area contributed by atoms with Gasteiger partial charge >= 0.3 is 0 Å². The highest BCUT2D eigenvalue weighted by Crippen LogP contribution is 2.29. The van der Waals surface area contributed by atoms with Crippen molar-refractivity contribution < 1.29 is 14.4 Å². The summed E-state index contributed by atoms with van der Waals surface area (Å²) >= 11 is 1.34. The van der Waals surface area contributed by atoms with Crippen molar-refractivity contribution in [2.45, 2.75) is 64.7 Å². The Morgan fingerprint density at radius 3 is 2.68 bits per heavy atom. The third-order valence-corrected chi connectivity index (χ3v) is 7.21. The first-order valence-corrected chi connectivity index (χ1v) is 12.2. The van der Waals surface area contributed by atoms with Gasteiger partial charge in [0.1, 0.15) is 17.8 Å². The Bertz CT molecular complexity index is 1260. The maximum absolute atomic E-state index is 13.0. The van der Waals surface area contributed by atoms with Crippen LogP contribution in [0.3, 0.4) is 0 Å². The Morgan fingerprint density at radius 1 is 1.12 bits per heavy atom. The minimum atomic E-state index is -0.160. The molecule has 4 rings (SSSR count). The SMILES string of the molecule is C[C@@H](CC(=O)c1ncnc2c1CCC(=O)N2)c1ncc(C(=O)Cc2cccc(C(C)(C)C)c2)s1. The molecule has 1 atom stereocenters. The molecule has 34 heavy (non-hydrogen) atoms. The molecule has 7 nitrogen and oxygen atoms in total. The number of amides is 1. The van der Waals surface area contributed by atoms with Gasteiger partial charge in [-0.3, -0.25) is 14.4 Å². The van der Waals surface area contributed by atoms with Crippen molar-refractivity contribution in [1.29, 1.82) is 0 Å². The lowest BCUT2D eigenvalue weighted by molar-refractivity contribution is -0.116. The van der Waals surface area contributed by atoms with Gasteiger partial charge < -0.3 is 5.32 Å². The average molecular weight is 477 g/mol. The summed E-state index contributed by atoms with van der Waals surface area (Å²) in [6, 6.07) is 8.14. The Labute approximate surface area is 203 Å². The van der Waals surface area contributed by atoms with Crippen LogP contribution in [0, 0.1) is 0 Å². The zero-order valence-corrected chi connectivity index (χ0v) is 20.7. The Kier molecular flexibility index (Phi) is 6.70. The molecule has 8 heteroatoms. The van der Waals surface area contributed by atoms with Gasteiger partial charge in [0, 0.05) is 36.9 Å². The summed E-state index contributed by atoms with van der Waals surface area (Å²) in [6.07, 6.45) is 4.20. The molecule has 0 fully saturated rings. The van der Waals surface area contributed by atoms with E-state index in [1.54, 1.807) is 6.20 Å². The molecular formula is C26H28N4O3S. The highest BCUT2D eigenvalue weighted by molar-refractivity contribution is 7.13. The lowest BCUT2D eigenvalue weighted by Crippen LogP contribution is -2.23. The van der Waals surface area contributed by atoms with Gasteiger partial charge in [0.25, 0.3) is 0 Å². The Morgan fingerprint density at radius 2 is 1.91 bits per heavy atom. The van der Waals surface area contributed by atoms with Crippen LogP contribution in [0.5, 0.6) is 0 Å². The number of thiazole rings is 1. The molecule has 0 radical (unpaired) electrons. The number of hydrogen-bond donors (Lipinski definition) is 1. The van der Waals surface area contributed by atoms with E-state index in [2.05, 4.69) is 53.2 Å². The monoisotopic (exact) mass is 476 g/mol. The van der Waals surface area contributed by atoms with Crippen LogP contribution in [0.15, 0.2) is 36.8 Å². The van der Waals surface area contributed by atoms with Crippen molar-refractivity contribution in [3.8, 4) is 0 Å². The fraction of sp³-hybridized carbons (Fsp3) is 0.385. The predicted octanol–water partition coefficient (Wildman–Crippen LogP) is 4.92. The van der Waals surface area contributed by atoms with Gasteiger partial charge in [-0.05, 0) is 23.0 Å². The van der Waals surface area contributed by atoms with Crippen molar-refractivity contribution in [1.82, 2.24) is 15.0 Å². The number of carbonyl (C=O) groups excluding carboxylic acids is 3. The second kappa shape index (κ2) is 9.54. The number of fused-ring (bicyclic) bond motifs is 1. The van der Waals surface area contributed by atoms with Gasteiger partial charge in [-0.15, -0.1) is 11.3 Å². The van der Waals surface area contributed by atoms with Crippen LogP contribution >= 0.6 is 11.3 Å². The third kappa shape index (κ3) is 5.28. The molecule has 0 aliphatic carbocycles. The summed E-state index contributed by atoms with van der Waals surface area (Å²) in [6.45, 7) is 8.38. The topological polar surface area (TPSA) is 102 Å². The van der Waals surface area contributed by atoms with E-state index in [1.807, 2.05) is 19.1 Å². The number of carbonyl (C=O) groups is 3. The van der Waals surface area contributed by atoms with Crippen LogP contribution in [0.1, 0.15) is 88.3 Å². The van der Waals surface area contributed by atoms with Crippen LogP contribution < -0.4 is 5.32 Å². The smallest absolute Gasteiger partial charge is 0.225 e. The number of Topliss-reactive ketones (excluding diaryl/α,β-unsaturated/α-hetero) is 2. The van der Waals surface area contributed by atoms with E-state index in [1.165, 1.54) is 23.2 Å². The van der Waals surface area contributed by atoms with Gasteiger partial charge in [-0.2, -0.15) is 0 Å². The molecule has 1 aliphatic heterocycles. The van der Waals surface area contributed by atoms with E-state index in [9.17, 15) is 14.4 Å². The number of aromatic nitrogens is 3. The summed E-state index contributed by atoms with van der Waals surface area (Å²) in [5, 5.41) is 3.44. The van der Waals surface area contributed by atoms with Crippen LogP contribution in [0.25, 0.3) is 0 Å². The first-order chi connectivity index (χ1) is 16.1. The van der Waals surface area contributed by atoms with E-state index < -0.39 is 0 Å². The largest absolute Gasteiger partial charge is 0.310 e. The number of rotatable bonds is 7. The fourth-order valence-corrected chi connectivity index (χ4v) is 4.86. The molecule has 176 valence electrons. The van der Waals surface area contributed by atoms with Crippen molar-refractivity contribution >= 4 is 34.6 Å². The number of ketones is 2. The molecule has 0 saturated carbocycles. The summed E-state index contributed by atoms with van der Waals surface area (Å²) in [7, 11) is 0. The Balaban J connectivity index is 1.43. The number of benzene rings is 1. The van der Waals surface area contributed by atoms with Gasteiger partial charge in [0.15, 0.2) is 11.6 Å². The molecule has 0 spiro atoms. The number of nitrogens with one attached hydrogen (secondary N) is 1. The molecule has 3 heterocycles. The van der Waals surface area contributed by atoms with Gasteiger partial charge in [0.2, 0.25) is 5.91 Å². The Hall–Kier alpha value is -3.26. The third-order valence-electron chi connectivity index (χ3n) is 5.94. The normalized spacial score (nSPS) is 14.3. The van der Waals surface area contributed by atoms with Crippen LogP contribution in [0.2, 0.25) is 0 Å². The highest BCUT2D eigenvalue weighted by atomic mass is 32.1. The molecule has 3 aromatic rings. The van der Waals surface area contributed by atoms with Gasteiger partial charge in [-0.1, -0.05) is 52.0 Å². The number of anilines is 1. The van der Waals surface area contributed by atoms with Crippen molar-refractivity contribution in [3.05, 3.63) is 69.1 Å². The molecule has 1 aromatic carbocycles. The van der Waals surface area contributed by atoms with Gasteiger partial charge in [0.05, 0.1) is 9.88 Å². The van der Waals surface area contributed by atoms with E-state index in [4.69, 9.17) is 0 Å². The minimum Gasteiger partial charge on any atom is -0.310 e. The lowest BCUT2D eigenvalue weighted by Gasteiger charge is -2.19. The maximum atomic E-state index is 13.0. The first-order valence-electron chi connectivity index (χ1n) is 11.4. The van der Waals surface area contributed by atoms with Crippen LogP contribution in [0.4, 0.5) is 5.82 Å². The first kappa shape index (κ1) is 23.9. The highest BCUT2D eigenvalue weighted by Gasteiger charge is 2.25. The van der Waals surface area contributed by atoms with Crippen LogP contribution in [-0.4, -0.2) is 32.4 Å². The molecule has 0 bridgehead atoms. The summed E-state index contributed by atoms with van der Waals surface area (Å²) in [5.41, 5.74) is 3.24. The molecule has 2 aromatic heterocycles. The number of nitrogens with zero attached hydrogens (tertiary/aromatic N) is 3. The summed E-state index contributed by atoms with van der Waals surface area (Å²) < 4.78 is 0.